The number of carbonyl (C=O) groups is 2. The highest BCUT2D eigenvalue weighted by Crippen LogP contribution is 2.34. The summed E-state index contributed by atoms with van der Waals surface area (Å²) in [5, 5.41) is 6.32. The van der Waals surface area contributed by atoms with E-state index in [0.717, 1.165) is 61.6 Å². The molecule has 30 heavy (non-hydrogen) atoms. The van der Waals surface area contributed by atoms with Gasteiger partial charge in [0.2, 0.25) is 5.91 Å². The maximum absolute atomic E-state index is 12.6. The van der Waals surface area contributed by atoms with Gasteiger partial charge in [-0.05, 0) is 49.0 Å². The number of thioether (sulfide) groups is 1. The summed E-state index contributed by atoms with van der Waals surface area (Å²) in [5.74, 6) is 1.92. The Kier molecular flexibility index (Phi) is 8.15. The van der Waals surface area contributed by atoms with Crippen molar-refractivity contribution in [3.8, 4) is 5.75 Å². The van der Waals surface area contributed by atoms with Crippen LogP contribution in [0.4, 0.5) is 4.79 Å². The Labute approximate surface area is 186 Å². The predicted octanol–water partition coefficient (Wildman–Crippen LogP) is 2.46. The Bertz CT molecular complexity index is 726. The van der Waals surface area contributed by atoms with Gasteiger partial charge in [0.25, 0.3) is 0 Å². The third-order valence-corrected chi connectivity index (χ3v) is 7.13. The lowest BCUT2D eigenvalue weighted by Crippen LogP contribution is -2.56. The standard InChI is InChI=1S/C20H30N4O4S2/c1-23-18(25)17(8-13-29-3)22-20(23)9-11-24(12-10-20)30-28-19(26)21-14-15-4-6-16(27-2)7-5-15/h4-7,17,22H,8-14H2,1-3H3,(H,21,26). The molecular formula is C20H30N4O4S2. The van der Waals surface area contributed by atoms with Gasteiger partial charge in [0.15, 0.2) is 12.2 Å². The van der Waals surface area contributed by atoms with Crippen LogP contribution in [0, 0.1) is 0 Å². The first kappa shape index (κ1) is 23.1. The maximum atomic E-state index is 12.6. The highest BCUT2D eigenvalue weighted by Gasteiger charge is 2.49. The molecule has 166 valence electrons. The van der Waals surface area contributed by atoms with Crippen molar-refractivity contribution in [1.82, 2.24) is 19.8 Å². The average molecular weight is 455 g/mol. The third kappa shape index (κ3) is 5.54. The third-order valence-electron chi connectivity index (χ3n) is 5.69. The molecule has 2 fully saturated rings. The van der Waals surface area contributed by atoms with Crippen LogP contribution in [0.2, 0.25) is 0 Å². The van der Waals surface area contributed by atoms with E-state index in [0.29, 0.717) is 6.54 Å². The van der Waals surface area contributed by atoms with Gasteiger partial charge in [0.1, 0.15) is 5.75 Å². The Morgan fingerprint density at radius 3 is 2.63 bits per heavy atom. The van der Waals surface area contributed by atoms with Gasteiger partial charge in [0.05, 0.1) is 18.8 Å². The lowest BCUT2D eigenvalue weighted by atomic mass is 9.98. The minimum atomic E-state index is -0.473. The summed E-state index contributed by atoms with van der Waals surface area (Å²) in [6.45, 7) is 1.85. The van der Waals surface area contributed by atoms with Gasteiger partial charge in [0, 0.05) is 26.7 Å². The normalized spacial score (nSPS) is 21.1. The molecule has 2 N–H and O–H groups in total. The molecule has 8 nitrogen and oxygen atoms in total. The zero-order valence-electron chi connectivity index (χ0n) is 17.7. The van der Waals surface area contributed by atoms with Crippen LogP contribution in [0.25, 0.3) is 0 Å². The number of nitrogens with zero attached hydrogens (tertiary/aromatic N) is 2. The number of benzene rings is 1. The van der Waals surface area contributed by atoms with Crippen LogP contribution in [-0.4, -0.2) is 72.2 Å². The molecule has 2 saturated heterocycles. The van der Waals surface area contributed by atoms with E-state index in [1.54, 1.807) is 18.9 Å². The molecular weight excluding hydrogens is 424 g/mol. The lowest BCUT2D eigenvalue weighted by Gasteiger charge is -2.42. The minimum Gasteiger partial charge on any atom is -0.497 e. The largest absolute Gasteiger partial charge is 0.497 e. The number of nitrogens with one attached hydrogen (secondary N) is 2. The fourth-order valence-corrected chi connectivity index (χ4v) is 4.84. The smallest absolute Gasteiger partial charge is 0.420 e. The van der Waals surface area contributed by atoms with Gasteiger partial charge < -0.3 is 19.1 Å². The summed E-state index contributed by atoms with van der Waals surface area (Å²) in [6, 6.07) is 7.40. The molecule has 10 heteroatoms. The number of hydrogen-bond acceptors (Lipinski definition) is 8. The van der Waals surface area contributed by atoms with E-state index in [4.69, 9.17) is 8.92 Å². The van der Waals surface area contributed by atoms with Crippen LogP contribution in [-0.2, 0) is 15.5 Å². The Morgan fingerprint density at radius 2 is 2.00 bits per heavy atom. The fourth-order valence-electron chi connectivity index (χ4n) is 3.80. The van der Waals surface area contributed by atoms with Crippen molar-refractivity contribution < 1.29 is 18.5 Å². The highest BCUT2D eigenvalue weighted by atomic mass is 32.2. The monoisotopic (exact) mass is 454 g/mol. The van der Waals surface area contributed by atoms with Crippen LogP contribution in [0.5, 0.6) is 5.75 Å². The topological polar surface area (TPSA) is 83.1 Å². The van der Waals surface area contributed by atoms with Crippen molar-refractivity contribution in [2.45, 2.75) is 37.5 Å². The quantitative estimate of drug-likeness (QED) is 0.458. The minimum absolute atomic E-state index is 0.0957. The second-order valence-corrected chi connectivity index (χ2v) is 9.30. The molecule has 2 amide bonds. The van der Waals surface area contributed by atoms with Gasteiger partial charge >= 0.3 is 6.09 Å². The molecule has 0 bridgehead atoms. The van der Waals surface area contributed by atoms with E-state index in [1.165, 1.54) is 0 Å². The number of piperidine rings is 1. The Morgan fingerprint density at radius 1 is 1.30 bits per heavy atom. The maximum Gasteiger partial charge on any atom is 0.420 e. The predicted molar refractivity (Wildman–Crippen MR) is 120 cm³/mol. The average Bonchev–Trinajstić information content (AvgIpc) is 3.00. The van der Waals surface area contributed by atoms with E-state index >= 15 is 0 Å². The zero-order valence-corrected chi connectivity index (χ0v) is 19.3. The van der Waals surface area contributed by atoms with E-state index < -0.39 is 6.09 Å². The molecule has 3 rings (SSSR count). The molecule has 1 aromatic rings. The van der Waals surface area contributed by atoms with Crippen LogP contribution in [0.3, 0.4) is 0 Å². The fraction of sp³-hybridized carbons (Fsp3) is 0.600. The molecule has 2 aliphatic heterocycles. The highest BCUT2D eigenvalue weighted by molar-refractivity contribution is 7.98. The molecule has 0 saturated carbocycles. The van der Waals surface area contributed by atoms with Crippen molar-refractivity contribution in [3.05, 3.63) is 29.8 Å². The SMILES string of the molecule is COc1ccc(CNC(=O)OSN2CCC3(CC2)NC(CCSC)C(=O)N3C)cc1. The first-order chi connectivity index (χ1) is 14.5. The van der Waals surface area contributed by atoms with Crippen molar-refractivity contribution in [1.29, 1.82) is 0 Å². The summed E-state index contributed by atoms with van der Waals surface area (Å²) in [4.78, 5) is 26.4. The molecule has 2 aliphatic rings. The number of carbonyl (C=O) groups excluding carboxylic acids is 2. The molecule has 2 heterocycles. The summed E-state index contributed by atoms with van der Waals surface area (Å²) in [7, 11) is 3.51. The van der Waals surface area contributed by atoms with E-state index in [9.17, 15) is 9.59 Å². The first-order valence-electron chi connectivity index (χ1n) is 10.0. The molecule has 0 radical (unpaired) electrons. The molecule has 0 aromatic heterocycles. The van der Waals surface area contributed by atoms with Gasteiger partial charge in [-0.1, -0.05) is 12.1 Å². The van der Waals surface area contributed by atoms with Gasteiger partial charge in [-0.15, -0.1) is 0 Å². The van der Waals surface area contributed by atoms with Gasteiger partial charge in [-0.3, -0.25) is 10.1 Å². The van der Waals surface area contributed by atoms with E-state index in [2.05, 4.69) is 16.9 Å². The Balaban J connectivity index is 1.39. The summed E-state index contributed by atoms with van der Waals surface area (Å²) >= 11 is 2.83. The second-order valence-electron chi connectivity index (χ2n) is 7.48. The summed E-state index contributed by atoms with van der Waals surface area (Å²) in [5.41, 5.74) is 0.683. The molecule has 1 atom stereocenters. The number of methoxy groups -OCH3 is 1. The van der Waals surface area contributed by atoms with Crippen LogP contribution in [0.1, 0.15) is 24.8 Å². The van der Waals surface area contributed by atoms with Crippen LogP contribution >= 0.6 is 24.0 Å². The molecule has 1 unspecified atom stereocenters. The van der Waals surface area contributed by atoms with Crippen molar-refractivity contribution in [2.75, 3.05) is 39.3 Å². The van der Waals surface area contributed by atoms with Gasteiger partial charge in [-0.2, -0.15) is 11.8 Å². The number of rotatable bonds is 8. The Hall–Kier alpha value is -1.62. The van der Waals surface area contributed by atoms with Crippen molar-refractivity contribution >= 4 is 36.0 Å². The lowest BCUT2D eigenvalue weighted by molar-refractivity contribution is -0.131. The number of likely N-dealkylation sites (N-methyl/N-ethyl adjacent to an activating group) is 1. The second kappa shape index (κ2) is 10.6. The van der Waals surface area contributed by atoms with Crippen molar-refractivity contribution in [3.63, 3.8) is 0 Å². The zero-order chi connectivity index (χ0) is 21.6. The molecule has 1 aromatic carbocycles. The molecule has 0 aliphatic carbocycles. The van der Waals surface area contributed by atoms with Gasteiger partial charge in [-0.25, -0.2) is 9.10 Å². The van der Waals surface area contributed by atoms with E-state index in [-0.39, 0.29) is 17.6 Å². The summed E-state index contributed by atoms with van der Waals surface area (Å²) in [6.07, 6.45) is 4.03. The summed E-state index contributed by atoms with van der Waals surface area (Å²) < 4.78 is 12.4. The first-order valence-corrected chi connectivity index (χ1v) is 12.1. The number of amides is 2. The number of ether oxygens (including phenoxy) is 1. The van der Waals surface area contributed by atoms with Crippen molar-refractivity contribution in [2.24, 2.45) is 0 Å². The number of hydrogen-bond donors (Lipinski definition) is 2. The molecule has 1 spiro atoms. The van der Waals surface area contributed by atoms with Crippen LogP contribution in [0.15, 0.2) is 24.3 Å². The van der Waals surface area contributed by atoms with Crippen LogP contribution < -0.4 is 15.4 Å². The van der Waals surface area contributed by atoms with E-state index in [1.807, 2.05) is 40.5 Å².